The van der Waals surface area contributed by atoms with Gasteiger partial charge >= 0.3 is 0 Å². The highest BCUT2D eigenvalue weighted by atomic mass is 16.3. The van der Waals surface area contributed by atoms with Crippen molar-refractivity contribution < 1.29 is 5.11 Å². The summed E-state index contributed by atoms with van der Waals surface area (Å²) in [4.78, 5) is 0. The third-order valence-electron chi connectivity index (χ3n) is 6.05. The summed E-state index contributed by atoms with van der Waals surface area (Å²) in [6.07, 6.45) is 0. The molecule has 4 heteroatoms. The van der Waals surface area contributed by atoms with E-state index < -0.39 is 0 Å². The summed E-state index contributed by atoms with van der Waals surface area (Å²) < 4.78 is 1.99. The van der Waals surface area contributed by atoms with Crippen LogP contribution in [0.4, 0.5) is 0 Å². The normalized spacial score (nSPS) is 11.5. The SMILES string of the molecule is CC(C)(C)c1ccc(-c2ccc(-c3nnc(-c4ccccc4O)n3-c3ccccc3)cc2)cc1. The number of hydrogen-bond acceptors (Lipinski definition) is 3. The minimum atomic E-state index is 0.134. The van der Waals surface area contributed by atoms with Gasteiger partial charge in [0.05, 0.1) is 5.56 Å². The van der Waals surface area contributed by atoms with Crippen molar-refractivity contribution in [1.29, 1.82) is 0 Å². The number of hydrogen-bond donors (Lipinski definition) is 1. The highest BCUT2D eigenvalue weighted by Crippen LogP contribution is 2.34. The molecule has 1 heterocycles. The highest BCUT2D eigenvalue weighted by Gasteiger charge is 2.19. The molecule has 34 heavy (non-hydrogen) atoms. The van der Waals surface area contributed by atoms with Crippen LogP contribution in [0.2, 0.25) is 0 Å². The molecule has 4 nitrogen and oxygen atoms in total. The molecule has 0 saturated carbocycles. The standard InChI is InChI=1S/C30H27N3O/c1-30(2,3)24-19-17-22(18-20-24)21-13-15-23(16-14-21)28-31-32-29(26-11-7-8-12-27(26)34)33(28)25-9-5-4-6-10-25/h4-20,34H,1-3H3. The number of aromatic nitrogens is 3. The molecule has 5 rings (SSSR count). The minimum Gasteiger partial charge on any atom is -0.507 e. The number of phenols is 1. The Bertz CT molecular complexity index is 1410. The lowest BCUT2D eigenvalue weighted by molar-refractivity contribution is 0.476. The second-order valence-corrected chi connectivity index (χ2v) is 9.44. The van der Waals surface area contributed by atoms with Crippen LogP contribution in [0.3, 0.4) is 0 Å². The van der Waals surface area contributed by atoms with E-state index in [9.17, 15) is 5.11 Å². The van der Waals surface area contributed by atoms with E-state index in [1.807, 2.05) is 47.0 Å². The van der Waals surface area contributed by atoms with E-state index in [1.54, 1.807) is 12.1 Å². The van der Waals surface area contributed by atoms with E-state index >= 15 is 0 Å². The molecule has 0 fully saturated rings. The predicted octanol–water partition coefficient (Wildman–Crippen LogP) is 7.27. The van der Waals surface area contributed by atoms with Gasteiger partial charge in [0.25, 0.3) is 0 Å². The Kier molecular flexibility index (Phi) is 5.50. The van der Waals surface area contributed by atoms with Gasteiger partial charge in [-0.05, 0) is 46.4 Å². The first-order chi connectivity index (χ1) is 16.4. The molecule has 0 atom stereocenters. The molecule has 0 bridgehead atoms. The molecule has 168 valence electrons. The van der Waals surface area contributed by atoms with Gasteiger partial charge in [-0.1, -0.05) is 99.6 Å². The Morgan fingerprint density at radius 1 is 0.588 bits per heavy atom. The van der Waals surface area contributed by atoms with Gasteiger partial charge in [-0.15, -0.1) is 10.2 Å². The lowest BCUT2D eigenvalue weighted by atomic mass is 9.86. The summed E-state index contributed by atoms with van der Waals surface area (Å²) >= 11 is 0. The Hall–Kier alpha value is -4.18. The van der Waals surface area contributed by atoms with Crippen molar-refractivity contribution in [3.63, 3.8) is 0 Å². The molecule has 5 aromatic rings. The zero-order valence-corrected chi connectivity index (χ0v) is 19.6. The summed E-state index contributed by atoms with van der Waals surface area (Å²) in [5.74, 6) is 1.49. The van der Waals surface area contributed by atoms with Gasteiger partial charge in [-0.25, -0.2) is 0 Å². The third kappa shape index (κ3) is 4.11. The van der Waals surface area contributed by atoms with Gasteiger partial charge in [-0.2, -0.15) is 0 Å². The van der Waals surface area contributed by atoms with Crippen molar-refractivity contribution in [3.8, 4) is 45.3 Å². The van der Waals surface area contributed by atoms with Crippen LogP contribution in [-0.2, 0) is 5.41 Å². The lowest BCUT2D eigenvalue weighted by Gasteiger charge is -2.19. The van der Waals surface area contributed by atoms with Crippen LogP contribution < -0.4 is 0 Å². The summed E-state index contributed by atoms with van der Waals surface area (Å²) in [7, 11) is 0. The fourth-order valence-electron chi connectivity index (χ4n) is 4.10. The van der Waals surface area contributed by atoms with Crippen molar-refractivity contribution >= 4 is 0 Å². The number of para-hydroxylation sites is 2. The first-order valence-corrected chi connectivity index (χ1v) is 11.4. The maximum absolute atomic E-state index is 10.5. The molecule has 0 aliphatic carbocycles. The molecule has 0 radical (unpaired) electrons. The second-order valence-electron chi connectivity index (χ2n) is 9.44. The van der Waals surface area contributed by atoms with Crippen LogP contribution in [-0.4, -0.2) is 19.9 Å². The Balaban J connectivity index is 1.56. The van der Waals surface area contributed by atoms with Crippen molar-refractivity contribution in [2.24, 2.45) is 0 Å². The predicted molar refractivity (Wildman–Crippen MR) is 138 cm³/mol. The average Bonchev–Trinajstić information content (AvgIpc) is 3.29. The van der Waals surface area contributed by atoms with Crippen molar-refractivity contribution in [2.75, 3.05) is 0 Å². The fraction of sp³-hybridized carbons (Fsp3) is 0.133. The van der Waals surface area contributed by atoms with Crippen LogP contribution in [0, 0.1) is 0 Å². The molecule has 0 spiro atoms. The maximum atomic E-state index is 10.5. The third-order valence-corrected chi connectivity index (χ3v) is 6.05. The van der Waals surface area contributed by atoms with E-state index in [4.69, 9.17) is 0 Å². The summed E-state index contributed by atoms with van der Waals surface area (Å²) in [6.45, 7) is 6.68. The molecule has 0 saturated heterocycles. The minimum absolute atomic E-state index is 0.134. The van der Waals surface area contributed by atoms with Crippen LogP contribution in [0.1, 0.15) is 26.3 Å². The highest BCUT2D eigenvalue weighted by molar-refractivity contribution is 5.72. The molecule has 0 unspecified atom stereocenters. The molecular formula is C30H27N3O. The summed E-state index contributed by atoms with van der Waals surface area (Å²) in [6, 6.07) is 34.3. The zero-order chi connectivity index (χ0) is 23.7. The van der Waals surface area contributed by atoms with E-state index in [0.717, 1.165) is 22.6 Å². The van der Waals surface area contributed by atoms with Gasteiger partial charge in [0, 0.05) is 11.3 Å². The smallest absolute Gasteiger partial charge is 0.172 e. The van der Waals surface area contributed by atoms with E-state index in [-0.39, 0.29) is 11.2 Å². The van der Waals surface area contributed by atoms with Crippen LogP contribution in [0.15, 0.2) is 103 Å². The van der Waals surface area contributed by atoms with Gasteiger partial charge < -0.3 is 5.11 Å². The van der Waals surface area contributed by atoms with Crippen LogP contribution >= 0.6 is 0 Å². The first-order valence-electron chi connectivity index (χ1n) is 11.4. The Labute approximate surface area is 200 Å². The molecule has 1 N–H and O–H groups in total. The summed E-state index contributed by atoms with van der Waals surface area (Å²) in [5.41, 5.74) is 6.31. The van der Waals surface area contributed by atoms with Crippen molar-refractivity contribution in [3.05, 3.63) is 109 Å². The number of benzene rings is 4. The van der Waals surface area contributed by atoms with E-state index in [2.05, 4.69) is 79.5 Å². The number of phenolic OH excluding ortho intramolecular Hbond substituents is 1. The van der Waals surface area contributed by atoms with Crippen LogP contribution in [0.5, 0.6) is 5.75 Å². The Morgan fingerprint density at radius 2 is 1.12 bits per heavy atom. The quantitative estimate of drug-likeness (QED) is 0.316. The van der Waals surface area contributed by atoms with Gasteiger partial charge in [0.1, 0.15) is 5.75 Å². The van der Waals surface area contributed by atoms with Crippen LogP contribution in [0.25, 0.3) is 39.6 Å². The van der Waals surface area contributed by atoms with E-state index in [0.29, 0.717) is 11.4 Å². The van der Waals surface area contributed by atoms with Crippen molar-refractivity contribution in [2.45, 2.75) is 26.2 Å². The molecule has 0 amide bonds. The molecule has 1 aromatic heterocycles. The topological polar surface area (TPSA) is 50.9 Å². The van der Waals surface area contributed by atoms with Gasteiger partial charge in [0.2, 0.25) is 0 Å². The van der Waals surface area contributed by atoms with Crippen molar-refractivity contribution in [1.82, 2.24) is 14.8 Å². The van der Waals surface area contributed by atoms with Gasteiger partial charge in [0.15, 0.2) is 11.6 Å². The fourth-order valence-corrected chi connectivity index (χ4v) is 4.10. The lowest BCUT2D eigenvalue weighted by Crippen LogP contribution is -2.10. The Morgan fingerprint density at radius 3 is 1.74 bits per heavy atom. The molecular weight excluding hydrogens is 418 g/mol. The van der Waals surface area contributed by atoms with Gasteiger partial charge in [-0.3, -0.25) is 4.57 Å². The number of nitrogens with zero attached hydrogens (tertiary/aromatic N) is 3. The van der Waals surface area contributed by atoms with E-state index in [1.165, 1.54) is 11.1 Å². The summed E-state index contributed by atoms with van der Waals surface area (Å²) in [5, 5.41) is 19.5. The maximum Gasteiger partial charge on any atom is 0.172 e. The average molecular weight is 446 g/mol. The molecule has 0 aliphatic heterocycles. The largest absolute Gasteiger partial charge is 0.507 e. The second kappa shape index (κ2) is 8.64. The monoisotopic (exact) mass is 445 g/mol. The number of aromatic hydroxyl groups is 1. The molecule has 4 aromatic carbocycles. The first kappa shape index (κ1) is 21.7. The zero-order valence-electron chi connectivity index (χ0n) is 19.6. The molecule has 0 aliphatic rings. The number of rotatable bonds is 4.